The Labute approximate surface area is 59.4 Å². The van der Waals surface area contributed by atoms with Crippen molar-refractivity contribution in [2.24, 2.45) is 0 Å². The van der Waals surface area contributed by atoms with Gasteiger partial charge in [0.05, 0.1) is 0 Å². The molecule has 10 heavy (non-hydrogen) atoms. The van der Waals surface area contributed by atoms with Gasteiger partial charge in [-0.3, -0.25) is 4.98 Å². The van der Waals surface area contributed by atoms with Gasteiger partial charge >= 0.3 is 0 Å². The summed E-state index contributed by atoms with van der Waals surface area (Å²) in [5, 5.41) is 6.98. The molecule has 1 heterocycles. The van der Waals surface area contributed by atoms with Crippen LogP contribution in [-0.2, 0) is 0 Å². The lowest BCUT2D eigenvalue weighted by molar-refractivity contribution is 1.19. The number of aromatic nitrogens is 1. The fourth-order valence-corrected chi connectivity index (χ4v) is 0.785. The third kappa shape index (κ3) is 0.978. The summed E-state index contributed by atoms with van der Waals surface area (Å²) in [6, 6.07) is 1.69. The quantitative estimate of drug-likeness (QED) is 0.563. The first kappa shape index (κ1) is 6.74. The highest BCUT2D eigenvalue weighted by atomic mass is 14.7. The van der Waals surface area contributed by atoms with Crippen LogP contribution in [0.25, 0.3) is 0 Å². The van der Waals surface area contributed by atoms with E-state index in [9.17, 15) is 0 Å². The predicted molar refractivity (Wildman–Crippen MR) is 41.3 cm³/mol. The van der Waals surface area contributed by atoms with Gasteiger partial charge < -0.3 is 11.1 Å². The minimum Gasteiger partial charge on any atom is -0.398 e. The number of nitrogens with zero attached hydrogens (tertiary/aromatic N) is 1. The van der Waals surface area contributed by atoms with Crippen molar-refractivity contribution in [2.45, 2.75) is 6.92 Å². The molecule has 0 atom stereocenters. The van der Waals surface area contributed by atoms with Crippen LogP contribution in [-0.4, -0.2) is 11.2 Å². The van der Waals surface area contributed by atoms with Gasteiger partial charge in [-0.1, -0.05) is 0 Å². The molecule has 0 aliphatic rings. The highest BCUT2D eigenvalue weighted by Gasteiger charge is 1.97. The van der Waals surface area contributed by atoms with E-state index in [4.69, 9.17) is 11.1 Å². The molecule has 1 rings (SSSR count). The fourth-order valence-electron chi connectivity index (χ4n) is 0.785. The molecular formula is C7H9N3. The molecule has 1 aromatic heterocycles. The van der Waals surface area contributed by atoms with Crippen LogP contribution in [0.3, 0.4) is 0 Å². The number of hydrogen-bond acceptors (Lipinski definition) is 3. The first-order valence-corrected chi connectivity index (χ1v) is 2.97. The standard InChI is InChI=1S/C7H9N3/c1-5-6(4-8)7(9)2-3-10-5/h2-4,8H,1H3,(H2,9,10). The van der Waals surface area contributed by atoms with Crippen LogP contribution < -0.4 is 5.73 Å². The molecule has 52 valence electrons. The average Bonchev–Trinajstić information content (AvgIpc) is 1.88. The summed E-state index contributed by atoms with van der Waals surface area (Å²) < 4.78 is 0. The number of hydrogen-bond donors (Lipinski definition) is 2. The molecule has 0 bridgehead atoms. The van der Waals surface area contributed by atoms with Crippen LogP contribution in [0.15, 0.2) is 12.3 Å². The Kier molecular flexibility index (Phi) is 1.67. The van der Waals surface area contributed by atoms with E-state index < -0.39 is 0 Å². The van der Waals surface area contributed by atoms with Crippen molar-refractivity contribution < 1.29 is 0 Å². The predicted octanol–water partition coefficient (Wildman–Crippen LogP) is 0.970. The molecule has 0 amide bonds. The lowest BCUT2D eigenvalue weighted by atomic mass is 10.2. The van der Waals surface area contributed by atoms with Gasteiger partial charge in [0, 0.05) is 29.4 Å². The van der Waals surface area contributed by atoms with Crippen LogP contribution in [0.5, 0.6) is 0 Å². The third-order valence-corrected chi connectivity index (χ3v) is 1.37. The maximum absolute atomic E-state index is 6.98. The summed E-state index contributed by atoms with van der Waals surface area (Å²) in [5.74, 6) is 0. The van der Waals surface area contributed by atoms with Gasteiger partial charge in [-0.25, -0.2) is 0 Å². The van der Waals surface area contributed by atoms with Crippen molar-refractivity contribution in [3.05, 3.63) is 23.5 Å². The highest BCUT2D eigenvalue weighted by Crippen LogP contribution is 2.09. The van der Waals surface area contributed by atoms with Crippen LogP contribution in [0.4, 0.5) is 5.69 Å². The smallest absolute Gasteiger partial charge is 0.0480 e. The highest BCUT2D eigenvalue weighted by molar-refractivity contribution is 5.85. The second kappa shape index (κ2) is 2.47. The van der Waals surface area contributed by atoms with Crippen molar-refractivity contribution >= 4 is 11.9 Å². The average molecular weight is 135 g/mol. The summed E-state index contributed by atoms with van der Waals surface area (Å²) in [5.41, 5.74) is 7.67. The minimum absolute atomic E-state index is 0.613. The Morgan fingerprint density at radius 1 is 1.70 bits per heavy atom. The van der Waals surface area contributed by atoms with Gasteiger partial charge in [0.2, 0.25) is 0 Å². The molecule has 0 aliphatic heterocycles. The summed E-state index contributed by atoms with van der Waals surface area (Å²) in [7, 11) is 0. The molecule has 0 saturated heterocycles. The van der Waals surface area contributed by atoms with Gasteiger partial charge in [0.25, 0.3) is 0 Å². The number of pyridine rings is 1. The molecule has 0 spiro atoms. The number of rotatable bonds is 1. The van der Waals surface area contributed by atoms with Gasteiger partial charge in [-0.05, 0) is 13.0 Å². The Morgan fingerprint density at radius 2 is 2.40 bits per heavy atom. The maximum Gasteiger partial charge on any atom is 0.0480 e. The molecule has 0 unspecified atom stereocenters. The minimum atomic E-state index is 0.613. The Bertz CT molecular complexity index is 235. The normalized spacial score (nSPS) is 9.30. The summed E-state index contributed by atoms with van der Waals surface area (Å²) in [4.78, 5) is 3.98. The molecular weight excluding hydrogens is 126 g/mol. The molecule has 0 fully saturated rings. The van der Waals surface area contributed by atoms with Crippen molar-refractivity contribution in [2.75, 3.05) is 5.73 Å². The zero-order chi connectivity index (χ0) is 7.56. The Balaban J connectivity index is 3.30. The summed E-state index contributed by atoms with van der Waals surface area (Å²) in [6.45, 7) is 1.83. The Hall–Kier alpha value is -1.38. The molecule has 0 aliphatic carbocycles. The van der Waals surface area contributed by atoms with Crippen molar-refractivity contribution in [3.63, 3.8) is 0 Å². The van der Waals surface area contributed by atoms with E-state index in [1.165, 1.54) is 6.21 Å². The van der Waals surface area contributed by atoms with E-state index in [-0.39, 0.29) is 0 Å². The van der Waals surface area contributed by atoms with Crippen LogP contribution in [0.2, 0.25) is 0 Å². The number of nitrogens with two attached hydrogens (primary N) is 1. The first-order valence-electron chi connectivity index (χ1n) is 2.97. The second-order valence-corrected chi connectivity index (χ2v) is 2.04. The molecule has 0 aromatic carbocycles. The maximum atomic E-state index is 6.98. The number of anilines is 1. The van der Waals surface area contributed by atoms with Gasteiger partial charge in [0.1, 0.15) is 0 Å². The van der Waals surface area contributed by atoms with E-state index >= 15 is 0 Å². The summed E-state index contributed by atoms with van der Waals surface area (Å²) >= 11 is 0. The molecule has 0 saturated carbocycles. The topological polar surface area (TPSA) is 62.8 Å². The van der Waals surface area contributed by atoms with E-state index in [1.54, 1.807) is 12.3 Å². The molecule has 1 aromatic rings. The van der Waals surface area contributed by atoms with Crippen LogP contribution in [0.1, 0.15) is 11.3 Å². The third-order valence-electron chi connectivity index (χ3n) is 1.37. The SMILES string of the molecule is Cc1nccc(N)c1C=N. The van der Waals surface area contributed by atoms with Crippen molar-refractivity contribution in [3.8, 4) is 0 Å². The van der Waals surface area contributed by atoms with Crippen molar-refractivity contribution in [1.29, 1.82) is 5.41 Å². The van der Waals surface area contributed by atoms with Gasteiger partial charge in [0.15, 0.2) is 0 Å². The molecule has 3 heteroatoms. The Morgan fingerprint density at radius 3 is 2.80 bits per heavy atom. The van der Waals surface area contributed by atoms with Crippen molar-refractivity contribution in [1.82, 2.24) is 4.98 Å². The summed E-state index contributed by atoms with van der Waals surface area (Å²) in [6.07, 6.45) is 2.86. The first-order chi connectivity index (χ1) is 4.75. The zero-order valence-corrected chi connectivity index (χ0v) is 5.76. The lowest BCUT2D eigenvalue weighted by Crippen LogP contribution is -1.97. The number of nitrogen functional groups attached to an aromatic ring is 1. The van der Waals surface area contributed by atoms with E-state index in [1.807, 2.05) is 6.92 Å². The molecule has 3 N–H and O–H groups in total. The zero-order valence-electron chi connectivity index (χ0n) is 5.76. The van der Waals surface area contributed by atoms with E-state index in [0.717, 1.165) is 5.69 Å². The monoisotopic (exact) mass is 135 g/mol. The van der Waals surface area contributed by atoms with Gasteiger partial charge in [-0.15, -0.1) is 0 Å². The molecule has 3 nitrogen and oxygen atoms in total. The molecule has 0 radical (unpaired) electrons. The van der Waals surface area contributed by atoms with Crippen LogP contribution in [0, 0.1) is 12.3 Å². The number of aryl methyl sites for hydroxylation is 1. The van der Waals surface area contributed by atoms with E-state index in [2.05, 4.69) is 4.98 Å². The van der Waals surface area contributed by atoms with Crippen LogP contribution >= 0.6 is 0 Å². The largest absolute Gasteiger partial charge is 0.398 e. The fraction of sp³-hybridized carbons (Fsp3) is 0.143. The number of nitrogens with one attached hydrogen (secondary N) is 1. The lowest BCUT2D eigenvalue weighted by Gasteiger charge is -2.00. The van der Waals surface area contributed by atoms with E-state index in [0.29, 0.717) is 11.3 Å². The second-order valence-electron chi connectivity index (χ2n) is 2.04. The van der Waals surface area contributed by atoms with Gasteiger partial charge in [-0.2, -0.15) is 0 Å².